The fourth-order valence-corrected chi connectivity index (χ4v) is 3.30. The molecule has 20 heavy (non-hydrogen) atoms. The van der Waals surface area contributed by atoms with Crippen LogP contribution in [0, 0.1) is 12.7 Å². The first-order valence-corrected chi connectivity index (χ1v) is 8.60. The van der Waals surface area contributed by atoms with Crippen LogP contribution >= 0.6 is 31.9 Å². The van der Waals surface area contributed by atoms with Crippen molar-refractivity contribution in [2.45, 2.75) is 11.8 Å². The lowest BCUT2D eigenvalue weighted by atomic mass is 10.2. The molecule has 0 aromatic heterocycles. The van der Waals surface area contributed by atoms with E-state index < -0.39 is 15.8 Å². The summed E-state index contributed by atoms with van der Waals surface area (Å²) in [5, 5.41) is 0. The summed E-state index contributed by atoms with van der Waals surface area (Å²) < 4.78 is 41.2. The molecule has 2 aromatic carbocycles. The Morgan fingerprint density at radius 1 is 1.10 bits per heavy atom. The zero-order valence-electron chi connectivity index (χ0n) is 10.3. The number of aryl methyl sites for hydroxylation is 1. The summed E-state index contributed by atoms with van der Waals surface area (Å²) in [5.41, 5.74) is 0.840. The van der Waals surface area contributed by atoms with Gasteiger partial charge in [0.25, 0.3) is 10.0 Å². The largest absolute Gasteiger partial charge is 0.279 e. The summed E-state index contributed by atoms with van der Waals surface area (Å²) in [6.45, 7) is 1.63. The minimum atomic E-state index is -3.70. The molecule has 0 aliphatic heterocycles. The van der Waals surface area contributed by atoms with E-state index in [-0.39, 0.29) is 9.37 Å². The predicted octanol–water partition coefficient (Wildman–Crippen LogP) is 4.46. The molecule has 0 radical (unpaired) electrons. The molecule has 0 fully saturated rings. The Bertz CT molecular complexity index is 746. The molecule has 0 atom stereocenters. The maximum absolute atomic E-state index is 13.3. The van der Waals surface area contributed by atoms with Crippen molar-refractivity contribution >= 4 is 47.6 Å². The molecule has 0 aliphatic rings. The van der Waals surface area contributed by atoms with Gasteiger partial charge >= 0.3 is 0 Å². The smallest absolute Gasteiger partial charge is 0.261 e. The molecule has 0 saturated carbocycles. The highest BCUT2D eigenvalue weighted by Gasteiger charge is 2.16. The number of sulfonamides is 1. The van der Waals surface area contributed by atoms with Crippen molar-refractivity contribution in [3.8, 4) is 0 Å². The molecule has 0 bridgehead atoms. The summed E-state index contributed by atoms with van der Waals surface area (Å²) in [4.78, 5) is 0.139. The summed E-state index contributed by atoms with van der Waals surface area (Å²) in [6, 6.07) is 8.93. The molecule has 106 valence electrons. The average Bonchev–Trinajstić information content (AvgIpc) is 2.36. The highest BCUT2D eigenvalue weighted by atomic mass is 79.9. The van der Waals surface area contributed by atoms with Gasteiger partial charge in [-0.25, -0.2) is 12.8 Å². The maximum Gasteiger partial charge on any atom is 0.261 e. The van der Waals surface area contributed by atoms with E-state index in [2.05, 4.69) is 36.6 Å². The van der Waals surface area contributed by atoms with Crippen LogP contribution in [-0.4, -0.2) is 8.42 Å². The summed E-state index contributed by atoms with van der Waals surface area (Å²) in [7, 11) is -3.70. The second-order valence-corrected chi connectivity index (χ2v) is 7.59. The molecule has 0 saturated heterocycles. The molecule has 0 spiro atoms. The second kappa shape index (κ2) is 5.83. The number of hydrogen-bond acceptors (Lipinski definition) is 2. The second-order valence-electron chi connectivity index (χ2n) is 4.14. The number of rotatable bonds is 3. The van der Waals surface area contributed by atoms with E-state index in [0.717, 1.165) is 4.47 Å². The third kappa shape index (κ3) is 3.39. The van der Waals surface area contributed by atoms with Gasteiger partial charge in [-0.1, -0.05) is 15.9 Å². The third-order valence-corrected chi connectivity index (χ3v) is 5.15. The highest BCUT2D eigenvalue weighted by molar-refractivity contribution is 9.10. The number of halogens is 3. The van der Waals surface area contributed by atoms with E-state index in [4.69, 9.17) is 0 Å². The lowest BCUT2D eigenvalue weighted by molar-refractivity contribution is 0.600. The first-order valence-electron chi connectivity index (χ1n) is 5.53. The predicted molar refractivity (Wildman–Crippen MR) is 83.8 cm³/mol. The molecule has 0 aliphatic carbocycles. The molecular formula is C13H10Br2FNO2S. The van der Waals surface area contributed by atoms with Gasteiger partial charge in [-0.3, -0.25) is 4.72 Å². The fraction of sp³-hybridized carbons (Fsp3) is 0.0769. The van der Waals surface area contributed by atoms with Crippen LogP contribution in [-0.2, 0) is 10.0 Å². The van der Waals surface area contributed by atoms with Gasteiger partial charge in [0.2, 0.25) is 0 Å². The molecule has 2 rings (SSSR count). The molecule has 1 N–H and O–H groups in total. The van der Waals surface area contributed by atoms with Crippen molar-refractivity contribution in [1.29, 1.82) is 0 Å². The number of hydrogen-bond donors (Lipinski definition) is 1. The monoisotopic (exact) mass is 421 g/mol. The Morgan fingerprint density at radius 3 is 2.30 bits per heavy atom. The average molecular weight is 423 g/mol. The van der Waals surface area contributed by atoms with Gasteiger partial charge in [0.1, 0.15) is 5.82 Å². The zero-order chi connectivity index (χ0) is 14.9. The maximum atomic E-state index is 13.3. The molecule has 0 unspecified atom stereocenters. The number of anilines is 1. The molecule has 7 heteroatoms. The van der Waals surface area contributed by atoms with Crippen LogP contribution in [0.4, 0.5) is 10.1 Å². The lowest BCUT2D eigenvalue weighted by Crippen LogP contribution is -2.13. The standard InChI is InChI=1S/C13H10Br2FNO2S/c1-8-6-12(16)11(15)7-13(8)17-20(18,19)10-4-2-9(14)3-5-10/h2-7,17H,1H3. The van der Waals surface area contributed by atoms with E-state index >= 15 is 0 Å². The van der Waals surface area contributed by atoms with Gasteiger partial charge in [0.15, 0.2) is 0 Å². The Hall–Kier alpha value is -0.920. The van der Waals surface area contributed by atoms with Crippen LogP contribution < -0.4 is 4.72 Å². The third-order valence-electron chi connectivity index (χ3n) is 2.64. The quantitative estimate of drug-likeness (QED) is 0.793. The highest BCUT2D eigenvalue weighted by Crippen LogP contribution is 2.26. The van der Waals surface area contributed by atoms with Gasteiger partial charge in [-0.15, -0.1) is 0 Å². The van der Waals surface area contributed by atoms with Gasteiger partial charge in [0, 0.05) is 4.47 Å². The van der Waals surface area contributed by atoms with Gasteiger partial charge < -0.3 is 0 Å². The fourth-order valence-electron chi connectivity index (χ4n) is 1.57. The van der Waals surface area contributed by atoms with E-state index in [1.807, 2.05) is 0 Å². The van der Waals surface area contributed by atoms with Gasteiger partial charge in [0.05, 0.1) is 15.1 Å². The first-order chi connectivity index (χ1) is 9.29. The summed E-state index contributed by atoms with van der Waals surface area (Å²) in [6.07, 6.45) is 0. The van der Waals surface area contributed by atoms with E-state index in [9.17, 15) is 12.8 Å². The van der Waals surface area contributed by atoms with E-state index in [1.54, 1.807) is 19.1 Å². The molecule has 3 nitrogen and oxygen atoms in total. The van der Waals surface area contributed by atoms with E-state index in [0.29, 0.717) is 11.3 Å². The topological polar surface area (TPSA) is 46.2 Å². The number of benzene rings is 2. The Balaban J connectivity index is 2.38. The SMILES string of the molecule is Cc1cc(F)c(Br)cc1NS(=O)(=O)c1ccc(Br)cc1. The van der Waals surface area contributed by atoms with Crippen LogP contribution in [0.3, 0.4) is 0 Å². The Morgan fingerprint density at radius 2 is 1.70 bits per heavy atom. The first kappa shape index (κ1) is 15.5. The molecular weight excluding hydrogens is 413 g/mol. The van der Waals surface area contributed by atoms with Crippen LogP contribution in [0.25, 0.3) is 0 Å². The minimum absolute atomic E-state index is 0.139. The van der Waals surface area contributed by atoms with E-state index in [1.165, 1.54) is 24.3 Å². The van der Waals surface area contributed by atoms with Crippen molar-refractivity contribution < 1.29 is 12.8 Å². The molecule has 0 amide bonds. The summed E-state index contributed by atoms with van der Waals surface area (Å²) >= 11 is 6.28. The Kier molecular flexibility index (Phi) is 4.51. The van der Waals surface area contributed by atoms with Crippen LogP contribution in [0.15, 0.2) is 50.2 Å². The Labute approximate surface area is 133 Å². The normalized spacial score (nSPS) is 11.4. The van der Waals surface area contributed by atoms with Crippen LogP contribution in [0.2, 0.25) is 0 Å². The molecule has 2 aromatic rings. The van der Waals surface area contributed by atoms with Gasteiger partial charge in [-0.2, -0.15) is 0 Å². The van der Waals surface area contributed by atoms with Crippen molar-refractivity contribution in [3.05, 3.63) is 56.7 Å². The van der Waals surface area contributed by atoms with Crippen molar-refractivity contribution in [2.24, 2.45) is 0 Å². The van der Waals surface area contributed by atoms with Crippen molar-refractivity contribution in [3.63, 3.8) is 0 Å². The zero-order valence-corrected chi connectivity index (χ0v) is 14.3. The lowest BCUT2D eigenvalue weighted by Gasteiger charge is -2.11. The van der Waals surface area contributed by atoms with Gasteiger partial charge in [-0.05, 0) is 64.8 Å². The van der Waals surface area contributed by atoms with Crippen LogP contribution in [0.5, 0.6) is 0 Å². The van der Waals surface area contributed by atoms with Crippen LogP contribution in [0.1, 0.15) is 5.56 Å². The minimum Gasteiger partial charge on any atom is -0.279 e. The number of nitrogens with one attached hydrogen (secondary N) is 1. The van der Waals surface area contributed by atoms with Crippen molar-refractivity contribution in [1.82, 2.24) is 0 Å². The molecule has 0 heterocycles. The summed E-state index contributed by atoms with van der Waals surface area (Å²) in [5.74, 6) is -0.436. The van der Waals surface area contributed by atoms with Crippen molar-refractivity contribution in [2.75, 3.05) is 4.72 Å².